The highest BCUT2D eigenvalue weighted by molar-refractivity contribution is 14.1. The first-order chi connectivity index (χ1) is 11.4. The van der Waals surface area contributed by atoms with Crippen LogP contribution in [0.5, 0.6) is 0 Å². The summed E-state index contributed by atoms with van der Waals surface area (Å²) < 4.78 is 24.8. The second kappa shape index (κ2) is 8.81. The van der Waals surface area contributed by atoms with Crippen LogP contribution in [0, 0.1) is 8.99 Å². The number of rotatable bonds is 10. The van der Waals surface area contributed by atoms with Gasteiger partial charge in [0.15, 0.2) is 9.84 Å². The number of carbonyl (C=O) groups is 1. The van der Waals surface area contributed by atoms with Crippen LogP contribution in [0.1, 0.15) is 45.6 Å². The molecule has 1 aromatic rings. The van der Waals surface area contributed by atoms with Crippen molar-refractivity contribution in [1.82, 2.24) is 0 Å². The van der Waals surface area contributed by atoms with Gasteiger partial charge in [0.1, 0.15) is 0 Å². The molecule has 0 amide bonds. The smallest absolute Gasteiger partial charge is 0.313 e. The van der Waals surface area contributed by atoms with Gasteiger partial charge in [-0.25, -0.2) is 8.42 Å². The Balaban J connectivity index is 2.81. The number of hydrogen-bond donors (Lipinski definition) is 2. The molecule has 0 fully saturated rings. The molecule has 0 saturated carbocycles. The third-order valence-corrected chi connectivity index (χ3v) is 7.17. The fraction of sp³-hybridized carbons (Fsp3) is 0.611. The number of carboxylic acid groups (broad SMARTS) is 1. The second-order valence-corrected chi connectivity index (χ2v) is 10.9. The highest BCUT2D eigenvalue weighted by Gasteiger charge is 2.36. The van der Waals surface area contributed by atoms with Crippen molar-refractivity contribution >= 4 is 38.4 Å². The largest absolute Gasteiger partial charge is 0.481 e. The van der Waals surface area contributed by atoms with E-state index in [1.54, 1.807) is 6.92 Å². The molecule has 2 N–H and O–H groups in total. The predicted molar refractivity (Wildman–Crippen MR) is 108 cm³/mol. The molecule has 0 unspecified atom stereocenters. The maximum absolute atomic E-state index is 11.9. The first-order valence-corrected chi connectivity index (χ1v) is 11.1. The lowest BCUT2D eigenvalue weighted by molar-refractivity contribution is -0.143. The standard InChI is InChI=1S/C18H27IO5S/c1-17(2,13-25(23,24)11-10-20)8-5-9-18(3,16(21)22)14-6-4-7-15(19)12-14/h4,6-7,12,20H,5,8-11,13H2,1-3H3,(H,21,22)/t18-/m1/s1. The topological polar surface area (TPSA) is 91.7 Å². The van der Waals surface area contributed by atoms with Gasteiger partial charge in [-0.1, -0.05) is 32.4 Å². The average molecular weight is 482 g/mol. The van der Waals surface area contributed by atoms with Gasteiger partial charge in [-0.15, -0.1) is 0 Å². The SMILES string of the molecule is CC(C)(CCC[C@@](C)(C(=O)O)c1cccc(I)c1)CS(=O)(=O)CCO. The molecule has 1 atom stereocenters. The average Bonchev–Trinajstić information content (AvgIpc) is 2.45. The van der Waals surface area contributed by atoms with Crippen molar-refractivity contribution < 1.29 is 23.4 Å². The van der Waals surface area contributed by atoms with Crippen LogP contribution in [-0.4, -0.2) is 42.7 Å². The molecule has 1 aromatic carbocycles. The first kappa shape index (κ1) is 22.4. The van der Waals surface area contributed by atoms with Crippen molar-refractivity contribution in [2.24, 2.45) is 5.41 Å². The second-order valence-electron chi connectivity index (χ2n) is 7.48. The maximum atomic E-state index is 11.9. The molecular weight excluding hydrogens is 455 g/mol. The number of halogens is 1. The van der Waals surface area contributed by atoms with Crippen LogP contribution < -0.4 is 0 Å². The zero-order valence-electron chi connectivity index (χ0n) is 15.0. The van der Waals surface area contributed by atoms with Crippen LogP contribution in [0.15, 0.2) is 24.3 Å². The van der Waals surface area contributed by atoms with Crippen molar-refractivity contribution in [3.63, 3.8) is 0 Å². The van der Waals surface area contributed by atoms with Gasteiger partial charge in [0.05, 0.1) is 23.5 Å². The Morgan fingerprint density at radius 2 is 1.84 bits per heavy atom. The van der Waals surface area contributed by atoms with Crippen LogP contribution in [0.25, 0.3) is 0 Å². The summed E-state index contributed by atoms with van der Waals surface area (Å²) in [5.74, 6) is -1.11. The molecule has 0 aliphatic carbocycles. The van der Waals surface area contributed by atoms with E-state index in [1.807, 2.05) is 38.1 Å². The highest BCUT2D eigenvalue weighted by Crippen LogP contribution is 2.34. The van der Waals surface area contributed by atoms with Crippen molar-refractivity contribution in [2.45, 2.75) is 45.4 Å². The van der Waals surface area contributed by atoms with Crippen LogP contribution in [0.4, 0.5) is 0 Å². The summed E-state index contributed by atoms with van der Waals surface area (Å²) in [7, 11) is -3.30. The summed E-state index contributed by atoms with van der Waals surface area (Å²) in [6, 6.07) is 7.48. The molecule has 0 spiro atoms. The lowest BCUT2D eigenvalue weighted by Gasteiger charge is -2.29. The number of hydrogen-bond acceptors (Lipinski definition) is 4. The molecule has 0 aromatic heterocycles. The lowest BCUT2D eigenvalue weighted by Crippen LogP contribution is -2.33. The monoisotopic (exact) mass is 482 g/mol. The molecule has 25 heavy (non-hydrogen) atoms. The normalized spacial score (nSPS) is 14.9. The molecule has 0 heterocycles. The van der Waals surface area contributed by atoms with E-state index >= 15 is 0 Å². The van der Waals surface area contributed by atoms with Gasteiger partial charge in [-0.3, -0.25) is 4.79 Å². The van der Waals surface area contributed by atoms with Crippen LogP contribution in [0.2, 0.25) is 0 Å². The Labute approximate surface area is 163 Å². The minimum Gasteiger partial charge on any atom is -0.481 e. The zero-order chi connectivity index (χ0) is 19.3. The molecule has 7 heteroatoms. The summed E-state index contributed by atoms with van der Waals surface area (Å²) in [4.78, 5) is 11.9. The highest BCUT2D eigenvalue weighted by atomic mass is 127. The molecule has 0 bridgehead atoms. The Hall–Kier alpha value is -0.670. The van der Waals surface area contributed by atoms with E-state index in [0.717, 1.165) is 9.13 Å². The number of aliphatic hydroxyl groups excluding tert-OH is 1. The molecule has 142 valence electrons. The number of sulfone groups is 1. The van der Waals surface area contributed by atoms with Gasteiger partial charge < -0.3 is 10.2 Å². The van der Waals surface area contributed by atoms with Crippen molar-refractivity contribution in [1.29, 1.82) is 0 Å². The van der Waals surface area contributed by atoms with E-state index in [9.17, 15) is 18.3 Å². The number of aliphatic hydroxyl groups is 1. The molecular formula is C18H27IO5S. The van der Waals surface area contributed by atoms with Crippen LogP contribution >= 0.6 is 22.6 Å². The van der Waals surface area contributed by atoms with Crippen LogP contribution in [0.3, 0.4) is 0 Å². The minimum atomic E-state index is -3.30. The maximum Gasteiger partial charge on any atom is 0.313 e. The summed E-state index contributed by atoms with van der Waals surface area (Å²) in [5.41, 5.74) is -0.697. The summed E-state index contributed by atoms with van der Waals surface area (Å²) in [6.45, 7) is 5.08. The van der Waals surface area contributed by atoms with Gasteiger partial charge >= 0.3 is 5.97 Å². The molecule has 0 aliphatic rings. The van der Waals surface area contributed by atoms with Gasteiger partial charge in [-0.2, -0.15) is 0 Å². The van der Waals surface area contributed by atoms with Crippen molar-refractivity contribution in [3.8, 4) is 0 Å². The Kier molecular flexibility index (Phi) is 7.89. The van der Waals surface area contributed by atoms with E-state index in [0.29, 0.717) is 19.3 Å². The fourth-order valence-electron chi connectivity index (χ4n) is 3.01. The fourth-order valence-corrected chi connectivity index (χ4v) is 5.31. The Morgan fingerprint density at radius 3 is 2.36 bits per heavy atom. The molecule has 0 saturated heterocycles. The third-order valence-electron chi connectivity index (χ3n) is 4.48. The van der Waals surface area contributed by atoms with E-state index in [4.69, 9.17) is 5.11 Å². The quantitative estimate of drug-likeness (QED) is 0.500. The number of carboxylic acids is 1. The van der Waals surface area contributed by atoms with Gasteiger partial charge in [-0.05, 0) is 65.5 Å². The van der Waals surface area contributed by atoms with Gasteiger partial charge in [0.25, 0.3) is 0 Å². The van der Waals surface area contributed by atoms with Gasteiger partial charge in [0.2, 0.25) is 0 Å². The van der Waals surface area contributed by atoms with Crippen molar-refractivity contribution in [3.05, 3.63) is 33.4 Å². The zero-order valence-corrected chi connectivity index (χ0v) is 17.9. The van der Waals surface area contributed by atoms with E-state index in [2.05, 4.69) is 22.6 Å². The van der Waals surface area contributed by atoms with E-state index in [-0.39, 0.29) is 18.1 Å². The minimum absolute atomic E-state index is 0.00637. The van der Waals surface area contributed by atoms with E-state index in [1.165, 1.54) is 0 Å². The summed E-state index contributed by atoms with van der Waals surface area (Å²) in [6.07, 6.45) is 1.65. The summed E-state index contributed by atoms with van der Waals surface area (Å²) in [5, 5.41) is 18.6. The van der Waals surface area contributed by atoms with Gasteiger partial charge in [0, 0.05) is 3.57 Å². The van der Waals surface area contributed by atoms with Crippen LogP contribution in [-0.2, 0) is 20.0 Å². The number of aliphatic carboxylic acids is 1. The van der Waals surface area contributed by atoms with E-state index < -0.39 is 26.6 Å². The molecule has 5 nitrogen and oxygen atoms in total. The molecule has 1 rings (SSSR count). The number of benzene rings is 1. The first-order valence-electron chi connectivity index (χ1n) is 8.23. The van der Waals surface area contributed by atoms with Crippen molar-refractivity contribution in [2.75, 3.05) is 18.1 Å². The Bertz CT molecular complexity index is 699. The molecule has 0 radical (unpaired) electrons. The Morgan fingerprint density at radius 1 is 1.20 bits per heavy atom. The predicted octanol–water partition coefficient (Wildman–Crippen LogP) is 3.24. The lowest BCUT2D eigenvalue weighted by atomic mass is 9.76. The molecule has 0 aliphatic heterocycles. The summed E-state index contributed by atoms with van der Waals surface area (Å²) >= 11 is 2.16. The third kappa shape index (κ3) is 6.86.